The van der Waals surface area contributed by atoms with Crippen LogP contribution >= 0.6 is 0 Å². The summed E-state index contributed by atoms with van der Waals surface area (Å²) in [6.45, 7) is 11.3. The number of carbonyl (C=O) groups is 1. The molecule has 22 heavy (non-hydrogen) atoms. The number of nitrogens with one attached hydrogen (secondary N) is 1. The molecule has 1 saturated heterocycles. The summed E-state index contributed by atoms with van der Waals surface area (Å²) in [5.74, 6) is 0. The van der Waals surface area contributed by atoms with Gasteiger partial charge >= 0.3 is 6.09 Å². The van der Waals surface area contributed by atoms with E-state index in [-0.39, 0.29) is 6.09 Å². The summed E-state index contributed by atoms with van der Waals surface area (Å²) in [4.78, 5) is 13.8. The molecule has 5 heteroatoms. The Labute approximate surface area is 133 Å². The predicted octanol–water partition coefficient (Wildman–Crippen LogP) is 3.00. The number of aromatic nitrogens is 1. The molecule has 1 N–H and O–H groups in total. The first-order chi connectivity index (χ1) is 10.4. The highest BCUT2D eigenvalue weighted by Gasteiger charge is 2.26. The van der Waals surface area contributed by atoms with Crippen molar-refractivity contribution in [1.29, 1.82) is 0 Å². The molecule has 1 aromatic heterocycles. The summed E-state index contributed by atoms with van der Waals surface area (Å²) < 4.78 is 7.68. The molecule has 0 aliphatic carbocycles. The molecule has 0 bridgehead atoms. The van der Waals surface area contributed by atoms with Crippen molar-refractivity contribution in [1.82, 2.24) is 14.8 Å². The van der Waals surface area contributed by atoms with Gasteiger partial charge in [0.15, 0.2) is 0 Å². The number of aryl methyl sites for hydroxylation is 1. The highest BCUT2D eigenvalue weighted by molar-refractivity contribution is 5.68. The number of likely N-dealkylation sites (tertiary alicyclic amines) is 1. The summed E-state index contributed by atoms with van der Waals surface area (Å²) in [7, 11) is 0. The van der Waals surface area contributed by atoms with Gasteiger partial charge in [-0.3, -0.25) is 0 Å². The number of hydrogen-bond acceptors (Lipinski definition) is 3. The lowest BCUT2D eigenvalue weighted by Crippen LogP contribution is -2.46. The smallest absolute Gasteiger partial charge is 0.410 e. The van der Waals surface area contributed by atoms with E-state index in [1.165, 1.54) is 5.69 Å². The Balaban J connectivity index is 1.74. The van der Waals surface area contributed by atoms with E-state index in [1.807, 2.05) is 25.7 Å². The number of hydrogen-bond donors (Lipinski definition) is 1. The molecule has 0 saturated carbocycles. The first-order valence-electron chi connectivity index (χ1n) is 8.24. The SMILES string of the molecule is CCn1cccc1CNC1CCN(C(=O)OC(C)(C)C)CC1. The van der Waals surface area contributed by atoms with Crippen LogP contribution in [0.3, 0.4) is 0 Å². The lowest BCUT2D eigenvalue weighted by molar-refractivity contribution is 0.0198. The average molecular weight is 307 g/mol. The minimum atomic E-state index is -0.419. The van der Waals surface area contributed by atoms with Gasteiger partial charge in [0.05, 0.1) is 0 Å². The highest BCUT2D eigenvalue weighted by Crippen LogP contribution is 2.16. The molecular formula is C17H29N3O2. The van der Waals surface area contributed by atoms with Gasteiger partial charge in [-0.25, -0.2) is 4.79 Å². The van der Waals surface area contributed by atoms with E-state index in [9.17, 15) is 4.79 Å². The zero-order valence-corrected chi connectivity index (χ0v) is 14.3. The summed E-state index contributed by atoms with van der Waals surface area (Å²) in [5, 5.41) is 3.61. The van der Waals surface area contributed by atoms with Gasteiger partial charge in [0.2, 0.25) is 0 Å². The molecule has 0 atom stereocenters. The number of carbonyl (C=O) groups excluding carboxylic acids is 1. The molecule has 1 aromatic rings. The van der Waals surface area contributed by atoms with Crippen molar-refractivity contribution in [2.24, 2.45) is 0 Å². The van der Waals surface area contributed by atoms with Gasteiger partial charge in [0, 0.05) is 44.1 Å². The van der Waals surface area contributed by atoms with Gasteiger partial charge in [-0.15, -0.1) is 0 Å². The molecule has 1 aliphatic heterocycles. The fourth-order valence-corrected chi connectivity index (χ4v) is 2.76. The van der Waals surface area contributed by atoms with E-state index in [0.717, 1.165) is 39.0 Å². The van der Waals surface area contributed by atoms with Gasteiger partial charge in [-0.1, -0.05) is 0 Å². The largest absolute Gasteiger partial charge is 0.444 e. The van der Waals surface area contributed by atoms with Crippen LogP contribution in [0.4, 0.5) is 4.79 Å². The fourth-order valence-electron chi connectivity index (χ4n) is 2.76. The zero-order valence-electron chi connectivity index (χ0n) is 14.3. The van der Waals surface area contributed by atoms with Crippen LogP contribution in [0.5, 0.6) is 0 Å². The summed E-state index contributed by atoms with van der Waals surface area (Å²) in [6.07, 6.45) is 3.88. The Morgan fingerprint density at radius 1 is 1.36 bits per heavy atom. The molecule has 0 radical (unpaired) electrons. The molecular weight excluding hydrogens is 278 g/mol. The first-order valence-corrected chi connectivity index (χ1v) is 8.24. The van der Waals surface area contributed by atoms with E-state index >= 15 is 0 Å². The van der Waals surface area contributed by atoms with Gasteiger partial charge in [-0.05, 0) is 52.7 Å². The number of piperidine rings is 1. The normalized spacial score (nSPS) is 16.8. The minimum Gasteiger partial charge on any atom is -0.444 e. The lowest BCUT2D eigenvalue weighted by Gasteiger charge is -2.33. The van der Waals surface area contributed by atoms with Crippen molar-refractivity contribution in [3.05, 3.63) is 24.0 Å². The van der Waals surface area contributed by atoms with Crippen LogP contribution in [0.2, 0.25) is 0 Å². The van der Waals surface area contributed by atoms with Crippen LogP contribution in [0.25, 0.3) is 0 Å². The predicted molar refractivity (Wildman–Crippen MR) is 87.8 cm³/mol. The minimum absolute atomic E-state index is 0.189. The van der Waals surface area contributed by atoms with E-state index in [1.54, 1.807) is 0 Å². The van der Waals surface area contributed by atoms with Gasteiger partial charge in [0.1, 0.15) is 5.60 Å². The van der Waals surface area contributed by atoms with Crippen LogP contribution in [0, 0.1) is 0 Å². The summed E-state index contributed by atoms with van der Waals surface area (Å²) in [6, 6.07) is 4.72. The Kier molecular flexibility index (Phi) is 5.51. The van der Waals surface area contributed by atoms with E-state index in [2.05, 4.69) is 35.1 Å². The van der Waals surface area contributed by atoms with Crippen molar-refractivity contribution in [2.75, 3.05) is 13.1 Å². The maximum atomic E-state index is 12.0. The molecule has 124 valence electrons. The number of rotatable bonds is 4. The number of amides is 1. The quantitative estimate of drug-likeness (QED) is 0.930. The third-order valence-corrected chi connectivity index (χ3v) is 3.98. The van der Waals surface area contributed by atoms with E-state index in [4.69, 9.17) is 4.74 Å². The summed E-state index contributed by atoms with van der Waals surface area (Å²) in [5.41, 5.74) is 0.898. The summed E-state index contributed by atoms with van der Waals surface area (Å²) >= 11 is 0. The van der Waals surface area contributed by atoms with Crippen LogP contribution in [0.15, 0.2) is 18.3 Å². The van der Waals surface area contributed by atoms with Crippen molar-refractivity contribution in [2.45, 2.75) is 65.3 Å². The van der Waals surface area contributed by atoms with Crippen molar-refractivity contribution in [3.8, 4) is 0 Å². The maximum absolute atomic E-state index is 12.0. The monoisotopic (exact) mass is 307 g/mol. The Morgan fingerprint density at radius 3 is 2.64 bits per heavy atom. The molecule has 0 aromatic carbocycles. The maximum Gasteiger partial charge on any atom is 0.410 e. The highest BCUT2D eigenvalue weighted by atomic mass is 16.6. The average Bonchev–Trinajstić information content (AvgIpc) is 2.91. The van der Waals surface area contributed by atoms with Crippen LogP contribution in [-0.2, 0) is 17.8 Å². The van der Waals surface area contributed by atoms with Crippen molar-refractivity contribution >= 4 is 6.09 Å². The zero-order chi connectivity index (χ0) is 16.2. The van der Waals surface area contributed by atoms with Crippen LogP contribution < -0.4 is 5.32 Å². The van der Waals surface area contributed by atoms with Crippen molar-refractivity contribution < 1.29 is 9.53 Å². The molecule has 1 aliphatic rings. The third kappa shape index (κ3) is 4.77. The van der Waals surface area contributed by atoms with Crippen molar-refractivity contribution in [3.63, 3.8) is 0 Å². The van der Waals surface area contributed by atoms with Gasteiger partial charge < -0.3 is 19.5 Å². The standard InChI is InChI=1S/C17H29N3O2/c1-5-19-10-6-7-15(19)13-18-14-8-11-20(12-9-14)16(21)22-17(2,3)4/h6-7,10,14,18H,5,8-9,11-13H2,1-4H3. The second kappa shape index (κ2) is 7.18. The Hall–Kier alpha value is -1.49. The van der Waals surface area contributed by atoms with Gasteiger partial charge in [0.25, 0.3) is 0 Å². The van der Waals surface area contributed by atoms with E-state index < -0.39 is 5.60 Å². The van der Waals surface area contributed by atoms with E-state index in [0.29, 0.717) is 6.04 Å². The first kappa shape index (κ1) is 16.9. The second-order valence-electron chi connectivity index (χ2n) is 6.91. The van der Waals surface area contributed by atoms with Crippen LogP contribution in [0.1, 0.15) is 46.2 Å². The second-order valence-corrected chi connectivity index (χ2v) is 6.91. The van der Waals surface area contributed by atoms with Gasteiger partial charge in [-0.2, -0.15) is 0 Å². The number of ether oxygens (including phenoxy) is 1. The fraction of sp³-hybridized carbons (Fsp3) is 0.706. The Bertz CT molecular complexity index is 482. The topological polar surface area (TPSA) is 46.5 Å². The molecule has 2 rings (SSSR count). The third-order valence-electron chi connectivity index (χ3n) is 3.98. The molecule has 1 fully saturated rings. The van der Waals surface area contributed by atoms with Crippen LogP contribution in [-0.4, -0.2) is 40.3 Å². The molecule has 1 amide bonds. The molecule has 0 spiro atoms. The molecule has 5 nitrogen and oxygen atoms in total. The lowest BCUT2D eigenvalue weighted by atomic mass is 10.1. The molecule has 2 heterocycles. The molecule has 0 unspecified atom stereocenters. The number of nitrogens with zero attached hydrogens (tertiary/aromatic N) is 2. The Morgan fingerprint density at radius 2 is 2.05 bits per heavy atom.